The molecule has 1 aliphatic carbocycles. The van der Waals surface area contributed by atoms with E-state index in [0.717, 1.165) is 40.8 Å². The number of ketones is 1. The number of aromatic nitrogens is 1. The van der Waals surface area contributed by atoms with Gasteiger partial charge in [0.15, 0.2) is 0 Å². The molecule has 0 spiro atoms. The van der Waals surface area contributed by atoms with Gasteiger partial charge in [-0.15, -0.1) is 0 Å². The number of hydrogen-bond donors (Lipinski definition) is 0. The number of carbonyl (C=O) groups is 1. The Morgan fingerprint density at radius 2 is 1.78 bits per heavy atom. The van der Waals surface area contributed by atoms with Gasteiger partial charge in [-0.2, -0.15) is 0 Å². The fourth-order valence-electron chi connectivity index (χ4n) is 4.25. The number of para-hydroxylation sites is 1. The van der Waals surface area contributed by atoms with Crippen LogP contribution in [0.5, 0.6) is 5.75 Å². The van der Waals surface area contributed by atoms with Crippen LogP contribution in [-0.4, -0.2) is 10.8 Å². The Morgan fingerprint density at radius 3 is 2.52 bits per heavy atom. The van der Waals surface area contributed by atoms with Gasteiger partial charge in [0.05, 0.1) is 11.2 Å². The normalized spacial score (nSPS) is 15.7. The summed E-state index contributed by atoms with van der Waals surface area (Å²) in [5, 5.41) is 1.13. The molecule has 3 aromatic rings. The minimum absolute atomic E-state index is 0.0312. The summed E-state index contributed by atoms with van der Waals surface area (Å²) in [6.07, 6.45) is 4.81. The summed E-state index contributed by atoms with van der Waals surface area (Å²) in [5.74, 6) is 1.61. The van der Waals surface area contributed by atoms with Gasteiger partial charge in [0.25, 0.3) is 0 Å². The molecular weight excluding hydrogens is 334 g/mol. The first kappa shape index (κ1) is 17.7. The first-order chi connectivity index (χ1) is 13.2. The molecule has 1 heterocycles. The molecule has 1 aliphatic rings. The molecule has 0 bridgehead atoms. The Bertz CT molecular complexity index is 927. The third kappa shape index (κ3) is 4.02. The van der Waals surface area contributed by atoms with Crippen LogP contribution in [0.25, 0.3) is 10.9 Å². The second-order valence-corrected chi connectivity index (χ2v) is 7.49. The lowest BCUT2D eigenvalue weighted by Crippen LogP contribution is -2.17. The zero-order valence-electron chi connectivity index (χ0n) is 15.7. The average molecular weight is 359 g/mol. The van der Waals surface area contributed by atoms with Crippen molar-refractivity contribution in [3.8, 4) is 5.75 Å². The van der Waals surface area contributed by atoms with Crippen molar-refractivity contribution >= 4 is 16.7 Å². The molecule has 3 heteroatoms. The summed E-state index contributed by atoms with van der Waals surface area (Å²) in [6.45, 7) is 2.15. The number of carbonyl (C=O) groups excluding carboxylic acids is 1. The quantitative estimate of drug-likeness (QED) is 0.569. The monoisotopic (exact) mass is 359 g/mol. The summed E-state index contributed by atoms with van der Waals surface area (Å²) in [6, 6.07) is 20.2. The molecule has 0 amide bonds. The first-order valence-corrected chi connectivity index (χ1v) is 9.78. The maximum absolute atomic E-state index is 12.2. The second kappa shape index (κ2) is 7.91. The van der Waals surface area contributed by atoms with Crippen molar-refractivity contribution in [3.63, 3.8) is 0 Å². The highest BCUT2D eigenvalue weighted by Crippen LogP contribution is 2.38. The molecule has 3 nitrogen and oxygen atoms in total. The maximum atomic E-state index is 12.2. The van der Waals surface area contributed by atoms with Crippen LogP contribution in [0.4, 0.5) is 0 Å². The molecule has 4 rings (SSSR count). The second-order valence-electron chi connectivity index (χ2n) is 7.49. The predicted molar refractivity (Wildman–Crippen MR) is 108 cm³/mol. The van der Waals surface area contributed by atoms with Crippen LogP contribution >= 0.6 is 0 Å². The zero-order valence-corrected chi connectivity index (χ0v) is 15.7. The van der Waals surface area contributed by atoms with E-state index in [2.05, 4.69) is 17.1 Å². The van der Waals surface area contributed by atoms with Crippen LogP contribution in [0.15, 0.2) is 60.7 Å². The Balaban J connectivity index is 1.44. The van der Waals surface area contributed by atoms with Crippen LogP contribution in [0, 0.1) is 5.92 Å². The summed E-state index contributed by atoms with van der Waals surface area (Å²) in [7, 11) is 0. The highest BCUT2D eigenvalue weighted by molar-refractivity contribution is 5.83. The number of rotatable bonds is 6. The molecule has 27 heavy (non-hydrogen) atoms. The Kier molecular flexibility index (Phi) is 5.19. The van der Waals surface area contributed by atoms with Crippen LogP contribution in [0.2, 0.25) is 0 Å². The summed E-state index contributed by atoms with van der Waals surface area (Å²) in [4.78, 5) is 16.8. The van der Waals surface area contributed by atoms with Crippen LogP contribution in [0.3, 0.4) is 0 Å². The lowest BCUT2D eigenvalue weighted by atomic mass is 9.82. The summed E-state index contributed by atoms with van der Waals surface area (Å²) < 4.78 is 5.91. The van der Waals surface area contributed by atoms with E-state index < -0.39 is 0 Å². The fraction of sp³-hybridized carbons (Fsp3) is 0.333. The van der Waals surface area contributed by atoms with Gasteiger partial charge < -0.3 is 4.74 Å². The summed E-state index contributed by atoms with van der Waals surface area (Å²) in [5.41, 5.74) is 3.01. The molecule has 0 radical (unpaired) electrons. The van der Waals surface area contributed by atoms with Gasteiger partial charge >= 0.3 is 0 Å². The van der Waals surface area contributed by atoms with E-state index in [1.165, 1.54) is 12.8 Å². The number of fused-ring (bicyclic) bond motifs is 1. The van der Waals surface area contributed by atoms with E-state index in [4.69, 9.17) is 4.74 Å². The van der Waals surface area contributed by atoms with E-state index in [1.807, 2.05) is 48.5 Å². The number of hydrogen-bond acceptors (Lipinski definition) is 3. The minimum Gasteiger partial charge on any atom is -0.487 e. The number of benzene rings is 2. The third-order valence-electron chi connectivity index (χ3n) is 5.59. The first-order valence-electron chi connectivity index (χ1n) is 9.78. The van der Waals surface area contributed by atoms with E-state index >= 15 is 0 Å². The third-order valence-corrected chi connectivity index (χ3v) is 5.59. The lowest BCUT2D eigenvalue weighted by Gasteiger charge is -2.21. The smallest absolute Gasteiger partial charge is 0.137 e. The molecule has 1 fully saturated rings. The molecular formula is C24H25NO2. The molecule has 1 saturated carbocycles. The van der Waals surface area contributed by atoms with Gasteiger partial charge in [0.2, 0.25) is 0 Å². The predicted octanol–water partition coefficient (Wildman–Crippen LogP) is 5.68. The van der Waals surface area contributed by atoms with Crippen molar-refractivity contribution in [2.24, 2.45) is 5.92 Å². The lowest BCUT2D eigenvalue weighted by molar-refractivity contribution is -0.119. The standard InChI is InChI=1S/C24H25NO2/c1-17(26)24(19-7-2-3-8-19)20-11-14-22(15-12-20)27-16-21-13-10-18-6-4-5-9-23(18)25-21/h4-6,9-15,19,24H,2-3,7-8,16H2,1H3. The SMILES string of the molecule is CC(=O)C(c1ccc(OCc2ccc3ccccc3n2)cc1)C1CCCC1. The number of ether oxygens (including phenoxy) is 1. The minimum atomic E-state index is 0.0312. The van der Waals surface area contributed by atoms with Crippen molar-refractivity contribution in [2.45, 2.75) is 45.1 Å². The molecule has 1 aromatic heterocycles. The van der Waals surface area contributed by atoms with Gasteiger partial charge in [-0.25, -0.2) is 4.98 Å². The summed E-state index contributed by atoms with van der Waals surface area (Å²) >= 11 is 0. The van der Waals surface area contributed by atoms with Gasteiger partial charge in [0.1, 0.15) is 18.1 Å². The van der Waals surface area contributed by atoms with Crippen molar-refractivity contribution in [1.82, 2.24) is 4.98 Å². The maximum Gasteiger partial charge on any atom is 0.137 e. The van der Waals surface area contributed by atoms with E-state index in [1.54, 1.807) is 6.92 Å². The topological polar surface area (TPSA) is 39.2 Å². The van der Waals surface area contributed by atoms with Crippen LogP contribution in [-0.2, 0) is 11.4 Å². The fourth-order valence-corrected chi connectivity index (χ4v) is 4.25. The van der Waals surface area contributed by atoms with Crippen molar-refractivity contribution in [2.75, 3.05) is 0 Å². The zero-order chi connectivity index (χ0) is 18.6. The van der Waals surface area contributed by atoms with Gasteiger partial charge in [-0.3, -0.25) is 4.79 Å². The number of pyridine rings is 1. The van der Waals surface area contributed by atoms with Gasteiger partial charge in [0, 0.05) is 11.3 Å². The largest absolute Gasteiger partial charge is 0.487 e. The van der Waals surface area contributed by atoms with Crippen LogP contribution in [0.1, 0.15) is 49.8 Å². The van der Waals surface area contributed by atoms with Crippen molar-refractivity contribution in [3.05, 3.63) is 71.9 Å². The Morgan fingerprint density at radius 1 is 1.04 bits per heavy atom. The molecule has 1 atom stereocenters. The number of Topliss-reactive ketones (excluding diaryl/α,β-unsaturated/α-hetero) is 1. The average Bonchev–Trinajstić information content (AvgIpc) is 3.21. The van der Waals surface area contributed by atoms with E-state index in [0.29, 0.717) is 12.5 Å². The number of nitrogens with zero attached hydrogens (tertiary/aromatic N) is 1. The molecule has 0 saturated heterocycles. The van der Waals surface area contributed by atoms with E-state index in [-0.39, 0.29) is 11.7 Å². The van der Waals surface area contributed by atoms with Gasteiger partial charge in [-0.05, 0) is 55.5 Å². The highest BCUT2D eigenvalue weighted by atomic mass is 16.5. The molecule has 0 N–H and O–H groups in total. The van der Waals surface area contributed by atoms with Gasteiger partial charge in [-0.1, -0.05) is 49.2 Å². The highest BCUT2D eigenvalue weighted by Gasteiger charge is 2.29. The molecule has 2 aromatic carbocycles. The van der Waals surface area contributed by atoms with Crippen LogP contribution < -0.4 is 4.74 Å². The molecule has 0 aliphatic heterocycles. The van der Waals surface area contributed by atoms with E-state index in [9.17, 15) is 4.79 Å². The van der Waals surface area contributed by atoms with Crippen molar-refractivity contribution < 1.29 is 9.53 Å². The molecule has 138 valence electrons. The van der Waals surface area contributed by atoms with Crippen molar-refractivity contribution in [1.29, 1.82) is 0 Å². The Labute approximate surface area is 160 Å². The Hall–Kier alpha value is -2.68. The molecule has 1 unspecified atom stereocenters.